The van der Waals surface area contributed by atoms with Crippen LogP contribution in [0.5, 0.6) is 0 Å². The molecule has 0 saturated carbocycles. The molecule has 10 heteroatoms. The Morgan fingerprint density at radius 2 is 1.77 bits per heavy atom. The zero-order valence-corrected chi connectivity index (χ0v) is 13.6. The molecule has 1 aromatic rings. The van der Waals surface area contributed by atoms with Crippen molar-refractivity contribution in [2.75, 3.05) is 18.4 Å². The van der Waals surface area contributed by atoms with Crippen molar-refractivity contribution in [3.8, 4) is 0 Å². The molecule has 7 nitrogen and oxygen atoms in total. The molecule has 1 aromatic carbocycles. The van der Waals surface area contributed by atoms with E-state index in [1.807, 2.05) is 0 Å². The first-order valence-corrected chi connectivity index (χ1v) is 7.74. The normalized spacial score (nSPS) is 14.5. The average molecular weight is 371 g/mol. The fraction of sp³-hybridized carbons (Fsp3) is 0.375. The second-order valence-electron chi connectivity index (χ2n) is 5.62. The Kier molecular flexibility index (Phi) is 5.96. The first-order valence-electron chi connectivity index (χ1n) is 7.74. The fourth-order valence-corrected chi connectivity index (χ4v) is 2.33. The maximum absolute atomic E-state index is 12.1. The van der Waals surface area contributed by atoms with Gasteiger partial charge in [-0.15, -0.1) is 0 Å². The van der Waals surface area contributed by atoms with Gasteiger partial charge in [-0.2, -0.15) is 13.2 Å². The molecule has 0 spiro atoms. The van der Waals surface area contributed by atoms with Crippen molar-refractivity contribution in [3.63, 3.8) is 0 Å². The Labute approximate surface area is 146 Å². The van der Waals surface area contributed by atoms with Crippen molar-refractivity contribution in [3.05, 3.63) is 29.8 Å². The summed E-state index contributed by atoms with van der Waals surface area (Å²) in [6, 6.07) is 5.41. The quantitative estimate of drug-likeness (QED) is 0.740. The molecule has 0 unspecified atom stereocenters. The van der Waals surface area contributed by atoms with Crippen LogP contribution < -0.4 is 10.6 Å². The number of likely N-dealkylation sites (tertiary alicyclic amines) is 1. The first kappa shape index (κ1) is 19.4. The molecular formula is C16H16F3N3O4. The van der Waals surface area contributed by atoms with Gasteiger partial charge >= 0.3 is 6.18 Å². The third kappa shape index (κ3) is 5.57. The van der Waals surface area contributed by atoms with E-state index in [1.54, 1.807) is 5.32 Å². The highest BCUT2D eigenvalue weighted by Crippen LogP contribution is 2.15. The van der Waals surface area contributed by atoms with Gasteiger partial charge in [0.1, 0.15) is 6.54 Å². The predicted octanol–water partition coefficient (Wildman–Crippen LogP) is 1.46. The number of nitrogens with zero attached hydrogens (tertiary/aromatic N) is 1. The Balaban J connectivity index is 1.89. The molecular weight excluding hydrogens is 355 g/mol. The third-order valence-corrected chi connectivity index (χ3v) is 3.58. The molecule has 1 aliphatic heterocycles. The van der Waals surface area contributed by atoms with Crippen LogP contribution in [0.3, 0.4) is 0 Å². The largest absolute Gasteiger partial charge is 0.405 e. The van der Waals surface area contributed by atoms with Crippen LogP contribution in [0.15, 0.2) is 24.3 Å². The summed E-state index contributed by atoms with van der Waals surface area (Å²) in [5.74, 6) is -2.07. The van der Waals surface area contributed by atoms with Gasteiger partial charge in [-0.25, -0.2) is 0 Å². The monoisotopic (exact) mass is 371 g/mol. The van der Waals surface area contributed by atoms with E-state index in [-0.39, 0.29) is 48.9 Å². The van der Waals surface area contributed by atoms with Crippen LogP contribution in [0.4, 0.5) is 18.9 Å². The van der Waals surface area contributed by atoms with E-state index in [2.05, 4.69) is 5.32 Å². The summed E-state index contributed by atoms with van der Waals surface area (Å²) in [6.07, 6.45) is -4.38. The molecule has 1 saturated heterocycles. The number of rotatable bonds is 6. The Hall–Kier alpha value is -2.91. The average Bonchev–Trinajstić information content (AvgIpc) is 2.88. The number of halogens is 3. The van der Waals surface area contributed by atoms with Crippen LogP contribution in [0.2, 0.25) is 0 Å². The minimum Gasteiger partial charge on any atom is -0.343 e. The van der Waals surface area contributed by atoms with Gasteiger partial charge in [0.2, 0.25) is 17.7 Å². The highest BCUT2D eigenvalue weighted by molar-refractivity contribution is 6.02. The summed E-state index contributed by atoms with van der Waals surface area (Å²) in [6.45, 7) is -1.50. The number of hydrogen-bond donors (Lipinski definition) is 2. The maximum atomic E-state index is 12.1. The number of alkyl halides is 3. The van der Waals surface area contributed by atoms with Gasteiger partial charge in [0, 0.05) is 37.1 Å². The van der Waals surface area contributed by atoms with Gasteiger partial charge in [0.25, 0.3) is 5.91 Å². The molecule has 4 amide bonds. The summed E-state index contributed by atoms with van der Waals surface area (Å²) in [5, 5.41) is 4.21. The van der Waals surface area contributed by atoms with E-state index in [9.17, 15) is 32.3 Å². The molecule has 140 valence electrons. The number of nitrogens with one attached hydrogen (secondary N) is 2. The first-order chi connectivity index (χ1) is 12.2. The minimum absolute atomic E-state index is 0.0445. The molecule has 1 fully saturated rings. The molecule has 0 bridgehead atoms. The van der Waals surface area contributed by atoms with Gasteiger partial charge in [0.15, 0.2) is 0 Å². The van der Waals surface area contributed by atoms with Crippen LogP contribution in [-0.2, 0) is 14.4 Å². The van der Waals surface area contributed by atoms with E-state index >= 15 is 0 Å². The molecule has 2 N–H and O–H groups in total. The predicted molar refractivity (Wildman–Crippen MR) is 84.0 cm³/mol. The van der Waals surface area contributed by atoms with E-state index in [0.29, 0.717) is 0 Å². The molecule has 1 heterocycles. The van der Waals surface area contributed by atoms with Gasteiger partial charge in [0.05, 0.1) is 0 Å². The lowest BCUT2D eigenvalue weighted by Gasteiger charge is -2.13. The zero-order valence-electron chi connectivity index (χ0n) is 13.6. The number of hydrogen-bond acceptors (Lipinski definition) is 4. The summed E-state index contributed by atoms with van der Waals surface area (Å²) in [4.78, 5) is 47.5. The lowest BCUT2D eigenvalue weighted by Crippen LogP contribution is -2.33. The van der Waals surface area contributed by atoms with E-state index in [1.165, 1.54) is 24.3 Å². The number of amides is 4. The molecule has 0 aliphatic carbocycles. The molecule has 26 heavy (non-hydrogen) atoms. The van der Waals surface area contributed by atoms with Crippen molar-refractivity contribution >= 4 is 29.3 Å². The number of imide groups is 1. The van der Waals surface area contributed by atoms with Crippen LogP contribution in [0, 0.1) is 0 Å². The minimum atomic E-state index is -4.52. The Bertz CT molecular complexity index is 718. The van der Waals surface area contributed by atoms with Crippen molar-refractivity contribution in [1.29, 1.82) is 0 Å². The van der Waals surface area contributed by atoms with Gasteiger partial charge < -0.3 is 10.6 Å². The number of carbonyl (C=O) groups is 4. The molecule has 2 rings (SSSR count). The van der Waals surface area contributed by atoms with E-state index < -0.39 is 24.5 Å². The van der Waals surface area contributed by atoms with Crippen LogP contribution >= 0.6 is 0 Å². The lowest BCUT2D eigenvalue weighted by atomic mass is 10.2. The summed E-state index contributed by atoms with van der Waals surface area (Å²) >= 11 is 0. The molecule has 0 radical (unpaired) electrons. The van der Waals surface area contributed by atoms with E-state index in [0.717, 1.165) is 4.90 Å². The number of benzene rings is 1. The zero-order chi connectivity index (χ0) is 19.3. The SMILES string of the molecule is O=C(CCN1C(=O)CCC1=O)Nc1cccc(C(=O)NCC(F)(F)F)c1. The highest BCUT2D eigenvalue weighted by atomic mass is 19.4. The highest BCUT2D eigenvalue weighted by Gasteiger charge is 2.29. The molecule has 0 aromatic heterocycles. The van der Waals surface area contributed by atoms with Gasteiger partial charge in [-0.1, -0.05) is 6.07 Å². The van der Waals surface area contributed by atoms with Crippen molar-refractivity contribution in [2.24, 2.45) is 0 Å². The van der Waals surface area contributed by atoms with Gasteiger partial charge in [-0.3, -0.25) is 24.1 Å². The number of carbonyl (C=O) groups excluding carboxylic acids is 4. The van der Waals surface area contributed by atoms with E-state index in [4.69, 9.17) is 0 Å². The topological polar surface area (TPSA) is 95.6 Å². The Morgan fingerprint density at radius 1 is 1.12 bits per heavy atom. The van der Waals surface area contributed by atoms with Gasteiger partial charge in [-0.05, 0) is 18.2 Å². The Morgan fingerprint density at radius 3 is 2.38 bits per heavy atom. The standard InChI is InChI=1S/C16H16F3N3O4/c17-16(18,19)9-20-15(26)10-2-1-3-11(8-10)21-12(23)6-7-22-13(24)4-5-14(22)25/h1-3,8H,4-7,9H2,(H,20,26)(H,21,23). The van der Waals surface area contributed by atoms with Crippen LogP contribution in [0.1, 0.15) is 29.6 Å². The smallest absolute Gasteiger partial charge is 0.343 e. The molecule has 0 atom stereocenters. The van der Waals surface area contributed by atoms with Crippen LogP contribution in [-0.4, -0.2) is 47.8 Å². The second kappa shape index (κ2) is 7.98. The lowest BCUT2D eigenvalue weighted by molar-refractivity contribution is -0.138. The molecule has 1 aliphatic rings. The summed E-state index contributed by atoms with van der Waals surface area (Å²) < 4.78 is 36.4. The summed E-state index contributed by atoms with van der Waals surface area (Å²) in [7, 11) is 0. The number of anilines is 1. The van der Waals surface area contributed by atoms with Crippen molar-refractivity contribution < 1.29 is 32.3 Å². The van der Waals surface area contributed by atoms with Crippen molar-refractivity contribution in [1.82, 2.24) is 10.2 Å². The fourth-order valence-electron chi connectivity index (χ4n) is 2.33. The maximum Gasteiger partial charge on any atom is 0.405 e. The third-order valence-electron chi connectivity index (χ3n) is 3.58. The summed E-state index contributed by atoms with van der Waals surface area (Å²) in [5.41, 5.74) is 0.172. The second-order valence-corrected chi connectivity index (χ2v) is 5.62. The van der Waals surface area contributed by atoms with Crippen LogP contribution in [0.25, 0.3) is 0 Å². The van der Waals surface area contributed by atoms with Crippen molar-refractivity contribution in [2.45, 2.75) is 25.4 Å².